The van der Waals surface area contributed by atoms with Crippen LogP contribution in [0.4, 0.5) is 0 Å². The van der Waals surface area contributed by atoms with E-state index in [1.807, 2.05) is 23.5 Å². The third-order valence-electron chi connectivity index (χ3n) is 3.24. The quantitative estimate of drug-likeness (QED) is 0.465. The Balaban J connectivity index is 1.77. The van der Waals surface area contributed by atoms with E-state index in [1.165, 1.54) is 20.3 Å². The molecule has 3 rings (SSSR count). The van der Waals surface area contributed by atoms with E-state index in [4.69, 9.17) is 0 Å². The molecule has 2 heteroatoms. The minimum absolute atomic E-state index is 0.971. The van der Waals surface area contributed by atoms with Crippen molar-refractivity contribution in [2.24, 2.45) is 0 Å². The van der Waals surface area contributed by atoms with Gasteiger partial charge in [0.15, 0.2) is 0 Å². The fourth-order valence-electron chi connectivity index (χ4n) is 2.15. The lowest BCUT2D eigenvalue weighted by molar-refractivity contribution is 1.45. The Labute approximate surface area is 146 Å². The van der Waals surface area contributed by atoms with Crippen molar-refractivity contribution in [3.05, 3.63) is 101 Å². The molecule has 23 heavy (non-hydrogen) atoms. The predicted octanol–water partition coefficient (Wildman–Crippen LogP) is 6.61. The van der Waals surface area contributed by atoms with E-state index in [2.05, 4.69) is 97.1 Å². The Kier molecular flexibility index (Phi) is 6.01. The second kappa shape index (κ2) is 8.66. The van der Waals surface area contributed by atoms with E-state index >= 15 is 0 Å². The smallest absolute Gasteiger partial charge is 0.0295 e. The summed E-state index contributed by atoms with van der Waals surface area (Å²) in [5, 5.41) is 0. The van der Waals surface area contributed by atoms with Crippen molar-refractivity contribution >= 4 is 29.6 Å². The first-order valence-electron chi connectivity index (χ1n) is 7.56. The Hall–Kier alpha value is -1.90. The fraction of sp³-hybridized carbons (Fsp3) is 0.0476. The molecule has 0 bridgehead atoms. The number of thioether (sulfide) groups is 2. The summed E-state index contributed by atoms with van der Waals surface area (Å²) in [6.07, 6.45) is 2.29. The van der Waals surface area contributed by atoms with Gasteiger partial charge in [0.05, 0.1) is 0 Å². The normalized spacial score (nSPS) is 11.4. The van der Waals surface area contributed by atoms with Crippen molar-refractivity contribution in [3.63, 3.8) is 0 Å². The van der Waals surface area contributed by atoms with Gasteiger partial charge < -0.3 is 0 Å². The molecule has 3 aromatic carbocycles. The van der Waals surface area contributed by atoms with Crippen LogP contribution in [0.25, 0.3) is 6.08 Å². The summed E-state index contributed by atoms with van der Waals surface area (Å²) in [4.78, 5) is 3.94. The van der Waals surface area contributed by atoms with Crippen LogP contribution in [0.2, 0.25) is 0 Å². The average molecular weight is 335 g/mol. The molecule has 3 aromatic rings. The summed E-state index contributed by atoms with van der Waals surface area (Å²) in [7, 11) is 0. The molecule has 114 valence electrons. The molecule has 0 radical (unpaired) electrons. The Morgan fingerprint density at radius 1 is 0.652 bits per heavy atom. The van der Waals surface area contributed by atoms with E-state index < -0.39 is 0 Å². The first-order chi connectivity index (χ1) is 11.4. The highest BCUT2D eigenvalue weighted by Crippen LogP contribution is 2.32. The molecular formula is C21H18S2. The third kappa shape index (κ3) is 5.34. The van der Waals surface area contributed by atoms with E-state index in [0.29, 0.717) is 0 Å². The molecular weight excluding hydrogens is 316 g/mol. The zero-order chi connectivity index (χ0) is 15.7. The van der Waals surface area contributed by atoms with Gasteiger partial charge in [0.2, 0.25) is 0 Å². The maximum Gasteiger partial charge on any atom is 0.0295 e. The molecule has 0 aliphatic heterocycles. The Morgan fingerprint density at radius 3 is 1.78 bits per heavy atom. The molecule has 0 aliphatic rings. The maximum atomic E-state index is 2.29. The largest absolute Gasteiger partial charge is 0.121 e. The molecule has 0 amide bonds. The second-order valence-electron chi connectivity index (χ2n) is 5.04. The second-order valence-corrected chi connectivity index (χ2v) is 7.29. The lowest BCUT2D eigenvalue weighted by Crippen LogP contribution is -1.85. The van der Waals surface area contributed by atoms with Gasteiger partial charge in [-0.2, -0.15) is 0 Å². The first-order valence-corrected chi connectivity index (χ1v) is 9.37. The fourth-order valence-corrected chi connectivity index (χ4v) is 4.09. The Bertz CT molecular complexity index is 735. The molecule has 0 atom stereocenters. The molecule has 0 unspecified atom stereocenters. The van der Waals surface area contributed by atoms with Crippen LogP contribution in [0, 0.1) is 0 Å². The molecule has 0 aliphatic carbocycles. The standard InChI is InChI=1S/C21H18S2/c1-4-10-18(11-5-1)16-21(23-20-14-8-3-9-15-20)17-22-19-12-6-2-7-13-19/h1-16H,17H2/b21-16-. The molecule has 0 N–H and O–H groups in total. The molecule has 0 heterocycles. The summed E-state index contributed by atoms with van der Waals surface area (Å²) in [6.45, 7) is 0. The van der Waals surface area contributed by atoms with Crippen LogP contribution in [0.1, 0.15) is 5.56 Å². The highest BCUT2D eigenvalue weighted by atomic mass is 32.2. The van der Waals surface area contributed by atoms with Gasteiger partial charge in [-0.3, -0.25) is 0 Å². The zero-order valence-corrected chi connectivity index (χ0v) is 14.4. The van der Waals surface area contributed by atoms with E-state index in [9.17, 15) is 0 Å². The summed E-state index contributed by atoms with van der Waals surface area (Å²) in [5.74, 6) is 0.971. The van der Waals surface area contributed by atoms with Crippen molar-refractivity contribution in [2.45, 2.75) is 9.79 Å². The molecule has 0 fully saturated rings. The van der Waals surface area contributed by atoms with Crippen LogP contribution in [-0.2, 0) is 0 Å². The summed E-state index contributed by atoms with van der Waals surface area (Å²) < 4.78 is 0. The van der Waals surface area contributed by atoms with E-state index in [0.717, 1.165) is 5.75 Å². The van der Waals surface area contributed by atoms with Crippen LogP contribution in [0.5, 0.6) is 0 Å². The number of hydrogen-bond donors (Lipinski definition) is 0. The lowest BCUT2D eigenvalue weighted by Gasteiger charge is -2.08. The van der Waals surface area contributed by atoms with Crippen LogP contribution in [0.15, 0.2) is 106 Å². The van der Waals surface area contributed by atoms with Gasteiger partial charge in [-0.15, -0.1) is 11.8 Å². The topological polar surface area (TPSA) is 0 Å². The van der Waals surface area contributed by atoms with Crippen LogP contribution >= 0.6 is 23.5 Å². The van der Waals surface area contributed by atoms with E-state index in [1.54, 1.807) is 0 Å². The van der Waals surface area contributed by atoms with Gasteiger partial charge in [0.25, 0.3) is 0 Å². The minimum Gasteiger partial charge on any atom is -0.121 e. The number of rotatable bonds is 6. The van der Waals surface area contributed by atoms with E-state index in [-0.39, 0.29) is 0 Å². The highest BCUT2D eigenvalue weighted by molar-refractivity contribution is 8.06. The molecule has 0 aromatic heterocycles. The van der Waals surface area contributed by atoms with Crippen molar-refractivity contribution in [1.82, 2.24) is 0 Å². The minimum atomic E-state index is 0.971. The van der Waals surface area contributed by atoms with Gasteiger partial charge in [0.1, 0.15) is 0 Å². The monoisotopic (exact) mass is 334 g/mol. The van der Waals surface area contributed by atoms with Gasteiger partial charge in [-0.1, -0.05) is 78.5 Å². The van der Waals surface area contributed by atoms with Crippen molar-refractivity contribution < 1.29 is 0 Å². The van der Waals surface area contributed by atoms with Crippen LogP contribution in [-0.4, -0.2) is 5.75 Å². The third-order valence-corrected chi connectivity index (χ3v) is 5.52. The average Bonchev–Trinajstić information content (AvgIpc) is 2.62. The predicted molar refractivity (Wildman–Crippen MR) is 104 cm³/mol. The number of hydrogen-bond acceptors (Lipinski definition) is 2. The number of benzene rings is 3. The van der Waals surface area contributed by atoms with Crippen molar-refractivity contribution in [2.75, 3.05) is 5.75 Å². The highest BCUT2D eigenvalue weighted by Gasteiger charge is 2.03. The molecule has 0 nitrogen and oxygen atoms in total. The summed E-state index contributed by atoms with van der Waals surface area (Å²) >= 11 is 3.72. The van der Waals surface area contributed by atoms with Crippen molar-refractivity contribution in [1.29, 1.82) is 0 Å². The van der Waals surface area contributed by atoms with Crippen LogP contribution < -0.4 is 0 Å². The first kappa shape index (κ1) is 16.0. The van der Waals surface area contributed by atoms with Crippen molar-refractivity contribution in [3.8, 4) is 0 Å². The SMILES string of the molecule is C(=C(\CSc1ccccc1)Sc1ccccc1)/c1ccccc1. The molecule has 0 spiro atoms. The molecule has 0 saturated heterocycles. The lowest BCUT2D eigenvalue weighted by atomic mass is 10.2. The van der Waals surface area contributed by atoms with Gasteiger partial charge in [0, 0.05) is 20.4 Å². The maximum absolute atomic E-state index is 2.29. The Morgan fingerprint density at radius 2 is 1.17 bits per heavy atom. The molecule has 0 saturated carbocycles. The van der Waals surface area contributed by atoms with Gasteiger partial charge in [-0.05, 0) is 35.9 Å². The van der Waals surface area contributed by atoms with Gasteiger partial charge in [-0.25, -0.2) is 0 Å². The zero-order valence-electron chi connectivity index (χ0n) is 12.8. The van der Waals surface area contributed by atoms with Gasteiger partial charge >= 0.3 is 0 Å². The van der Waals surface area contributed by atoms with Crippen LogP contribution in [0.3, 0.4) is 0 Å². The summed E-state index contributed by atoms with van der Waals surface area (Å²) in [5.41, 5.74) is 1.25. The summed E-state index contributed by atoms with van der Waals surface area (Å²) in [6, 6.07) is 31.7.